The lowest BCUT2D eigenvalue weighted by Crippen LogP contribution is -2.18. The van der Waals surface area contributed by atoms with E-state index < -0.39 is 0 Å². The van der Waals surface area contributed by atoms with Crippen molar-refractivity contribution < 1.29 is 9.50 Å². The Morgan fingerprint density at radius 2 is 1.81 bits per heavy atom. The van der Waals surface area contributed by atoms with Crippen LogP contribution in [0, 0.1) is 19.7 Å². The molecule has 2 aromatic carbocycles. The number of phenolic OH excluding ortho intramolecular Hbond substituents is 1. The highest BCUT2D eigenvalue weighted by atomic mass is 31.1. The first-order valence-electron chi connectivity index (χ1n) is 6.87. The Labute approximate surface area is 127 Å². The van der Waals surface area contributed by atoms with E-state index in [1.807, 2.05) is 51.0 Å². The van der Waals surface area contributed by atoms with E-state index in [0.29, 0.717) is 20.9 Å². The van der Waals surface area contributed by atoms with Crippen molar-refractivity contribution in [3.8, 4) is 5.75 Å². The summed E-state index contributed by atoms with van der Waals surface area (Å²) in [5, 5.41) is 12.2. The molecule has 0 aliphatic carbocycles. The fraction of sp³-hybridized carbons (Fsp3) is 0.294. The van der Waals surface area contributed by atoms with Gasteiger partial charge in [0, 0.05) is 11.8 Å². The molecule has 0 saturated heterocycles. The maximum Gasteiger partial charge on any atom is 0.126 e. The molecule has 0 aromatic heterocycles. The van der Waals surface area contributed by atoms with Crippen molar-refractivity contribution >= 4 is 19.2 Å². The van der Waals surface area contributed by atoms with Crippen molar-refractivity contribution in [1.82, 2.24) is 4.90 Å². The average Bonchev–Trinajstić information content (AvgIpc) is 2.37. The third-order valence-electron chi connectivity index (χ3n) is 3.27. The predicted molar refractivity (Wildman–Crippen MR) is 89.0 cm³/mol. The standard InChI is InChI=1S/C17H21FNOP/c1-11-7-12(2)17(20)16(8-11)21-15-6-5-14(18)9-13(15)10-19(3)4/h5-9,20-21H,10H2,1-4H3. The summed E-state index contributed by atoms with van der Waals surface area (Å²) in [5.74, 6) is 0.129. The minimum Gasteiger partial charge on any atom is -0.507 e. The molecule has 4 heteroatoms. The largest absolute Gasteiger partial charge is 0.507 e. The number of halogens is 1. The summed E-state index contributed by atoms with van der Waals surface area (Å²) >= 11 is 0. The second kappa shape index (κ2) is 6.55. The predicted octanol–water partition coefficient (Wildman–Crippen LogP) is 2.84. The minimum atomic E-state index is -0.218. The molecule has 0 radical (unpaired) electrons. The molecule has 2 rings (SSSR count). The van der Waals surface area contributed by atoms with Gasteiger partial charge in [-0.2, -0.15) is 0 Å². The van der Waals surface area contributed by atoms with Crippen LogP contribution in [0.15, 0.2) is 30.3 Å². The van der Waals surface area contributed by atoms with Gasteiger partial charge >= 0.3 is 0 Å². The number of benzene rings is 2. The van der Waals surface area contributed by atoms with Gasteiger partial charge in [0.2, 0.25) is 0 Å². The highest BCUT2D eigenvalue weighted by Crippen LogP contribution is 2.25. The maximum absolute atomic E-state index is 13.5. The summed E-state index contributed by atoms with van der Waals surface area (Å²) in [4.78, 5) is 2.02. The number of aromatic hydroxyl groups is 1. The molecule has 21 heavy (non-hydrogen) atoms. The van der Waals surface area contributed by atoms with E-state index in [1.165, 1.54) is 6.07 Å². The van der Waals surface area contributed by atoms with Crippen LogP contribution in [0.4, 0.5) is 4.39 Å². The summed E-state index contributed by atoms with van der Waals surface area (Å²) in [5.41, 5.74) is 2.98. The SMILES string of the molecule is Cc1cc(C)c(O)c(Pc2ccc(F)cc2CN(C)C)c1. The van der Waals surface area contributed by atoms with Crippen molar-refractivity contribution in [2.24, 2.45) is 0 Å². The van der Waals surface area contributed by atoms with Crippen LogP contribution >= 0.6 is 8.58 Å². The normalized spacial score (nSPS) is 11.7. The second-order valence-corrected chi connectivity index (χ2v) is 6.97. The van der Waals surface area contributed by atoms with Gasteiger partial charge in [0.15, 0.2) is 0 Å². The fourth-order valence-corrected chi connectivity index (χ4v) is 3.74. The highest BCUT2D eigenvalue weighted by Gasteiger charge is 2.11. The van der Waals surface area contributed by atoms with E-state index in [1.54, 1.807) is 6.07 Å². The first-order chi connectivity index (χ1) is 9.86. The molecule has 0 amide bonds. The van der Waals surface area contributed by atoms with Gasteiger partial charge in [-0.3, -0.25) is 0 Å². The Morgan fingerprint density at radius 3 is 2.48 bits per heavy atom. The molecule has 0 aliphatic heterocycles. The summed E-state index contributed by atoms with van der Waals surface area (Å²) in [6.07, 6.45) is 0. The van der Waals surface area contributed by atoms with Crippen LogP contribution in [0.25, 0.3) is 0 Å². The number of nitrogens with zero attached hydrogens (tertiary/aromatic N) is 1. The lowest BCUT2D eigenvalue weighted by atomic mass is 10.1. The Balaban J connectivity index is 2.40. The van der Waals surface area contributed by atoms with Crippen LogP contribution in [-0.4, -0.2) is 24.1 Å². The number of rotatable bonds is 4. The third kappa shape index (κ3) is 4.03. The number of hydrogen-bond donors (Lipinski definition) is 1. The molecule has 0 spiro atoms. The van der Waals surface area contributed by atoms with Crippen molar-refractivity contribution in [3.63, 3.8) is 0 Å². The fourth-order valence-electron chi connectivity index (χ4n) is 2.36. The monoisotopic (exact) mass is 305 g/mol. The Morgan fingerprint density at radius 1 is 1.10 bits per heavy atom. The van der Waals surface area contributed by atoms with Gasteiger partial charge in [0.1, 0.15) is 11.6 Å². The first-order valence-corrected chi connectivity index (χ1v) is 7.87. The molecule has 0 heterocycles. The van der Waals surface area contributed by atoms with Gasteiger partial charge in [0.25, 0.3) is 0 Å². The number of phenols is 1. The van der Waals surface area contributed by atoms with E-state index >= 15 is 0 Å². The molecule has 1 unspecified atom stereocenters. The molecule has 1 N–H and O–H groups in total. The summed E-state index contributed by atoms with van der Waals surface area (Å²) in [7, 11) is 4.25. The van der Waals surface area contributed by atoms with Crippen molar-refractivity contribution in [2.45, 2.75) is 20.4 Å². The van der Waals surface area contributed by atoms with Crippen molar-refractivity contribution in [2.75, 3.05) is 14.1 Å². The van der Waals surface area contributed by atoms with Crippen molar-refractivity contribution in [3.05, 3.63) is 52.8 Å². The molecular formula is C17H21FNOP. The Kier molecular flexibility index (Phi) is 4.97. The lowest BCUT2D eigenvalue weighted by Gasteiger charge is -2.16. The van der Waals surface area contributed by atoms with Crippen LogP contribution in [0.5, 0.6) is 5.75 Å². The lowest BCUT2D eigenvalue weighted by molar-refractivity contribution is 0.402. The van der Waals surface area contributed by atoms with Gasteiger partial charge < -0.3 is 10.0 Å². The molecule has 2 nitrogen and oxygen atoms in total. The summed E-state index contributed by atoms with van der Waals surface area (Å²) in [6.45, 7) is 4.61. The number of aryl methyl sites for hydroxylation is 2. The highest BCUT2D eigenvalue weighted by molar-refractivity contribution is 7.55. The second-order valence-electron chi connectivity index (χ2n) is 5.64. The van der Waals surface area contributed by atoms with Crippen LogP contribution in [-0.2, 0) is 6.54 Å². The van der Waals surface area contributed by atoms with Crippen LogP contribution in [0.2, 0.25) is 0 Å². The quantitative estimate of drug-likeness (QED) is 0.878. The van der Waals surface area contributed by atoms with Gasteiger partial charge in [-0.25, -0.2) is 4.39 Å². The molecule has 1 atom stereocenters. The topological polar surface area (TPSA) is 23.5 Å². The zero-order chi connectivity index (χ0) is 15.6. The molecule has 2 aromatic rings. The van der Waals surface area contributed by atoms with Crippen LogP contribution in [0.1, 0.15) is 16.7 Å². The van der Waals surface area contributed by atoms with Gasteiger partial charge in [0.05, 0.1) is 0 Å². The van der Waals surface area contributed by atoms with Crippen LogP contribution in [0.3, 0.4) is 0 Å². The van der Waals surface area contributed by atoms with E-state index in [4.69, 9.17) is 0 Å². The smallest absolute Gasteiger partial charge is 0.126 e. The summed E-state index contributed by atoms with van der Waals surface area (Å²) < 4.78 is 13.5. The third-order valence-corrected chi connectivity index (χ3v) is 4.68. The molecule has 0 fully saturated rings. The van der Waals surface area contributed by atoms with Crippen LogP contribution < -0.4 is 10.6 Å². The zero-order valence-electron chi connectivity index (χ0n) is 12.9. The van der Waals surface area contributed by atoms with Gasteiger partial charge in [-0.1, -0.05) is 20.7 Å². The number of hydrogen-bond acceptors (Lipinski definition) is 2. The molecular weight excluding hydrogens is 284 g/mol. The van der Waals surface area contributed by atoms with E-state index in [0.717, 1.165) is 27.3 Å². The molecule has 0 aliphatic rings. The Hall–Kier alpha value is -1.44. The zero-order valence-corrected chi connectivity index (χ0v) is 13.9. The van der Waals surface area contributed by atoms with E-state index in [-0.39, 0.29) is 5.82 Å². The average molecular weight is 305 g/mol. The summed E-state index contributed by atoms with van der Waals surface area (Å²) in [6, 6.07) is 8.87. The van der Waals surface area contributed by atoms with E-state index in [9.17, 15) is 9.50 Å². The Bertz CT molecular complexity index is 655. The minimum absolute atomic E-state index is 0.218. The van der Waals surface area contributed by atoms with Gasteiger partial charge in [-0.05, 0) is 68.1 Å². The maximum atomic E-state index is 13.5. The van der Waals surface area contributed by atoms with Crippen molar-refractivity contribution in [1.29, 1.82) is 0 Å². The molecule has 0 saturated carbocycles. The van der Waals surface area contributed by atoms with E-state index in [2.05, 4.69) is 0 Å². The van der Waals surface area contributed by atoms with Gasteiger partial charge in [-0.15, -0.1) is 0 Å². The molecule has 0 bridgehead atoms. The first kappa shape index (κ1) is 15.9. The molecule has 112 valence electrons.